The van der Waals surface area contributed by atoms with E-state index in [0.29, 0.717) is 39.5 Å². The summed E-state index contributed by atoms with van der Waals surface area (Å²) in [6.45, 7) is 3.38. The number of nitrogens with one attached hydrogen (secondary N) is 3. The monoisotopic (exact) mass is 405 g/mol. The molecule has 2 aromatic heterocycles. The van der Waals surface area contributed by atoms with Crippen LogP contribution >= 0.6 is 0 Å². The summed E-state index contributed by atoms with van der Waals surface area (Å²) < 4.78 is 5.30. The lowest BCUT2D eigenvalue weighted by Gasteiger charge is -2.21. The highest BCUT2D eigenvalue weighted by molar-refractivity contribution is 6.12. The molecule has 0 spiro atoms. The molecule has 5 rings (SSSR count). The van der Waals surface area contributed by atoms with Crippen LogP contribution in [-0.4, -0.2) is 28.0 Å². The first-order chi connectivity index (χ1) is 14.3. The molecule has 2 aliphatic rings. The second-order valence-corrected chi connectivity index (χ2v) is 7.89. The number of rotatable bonds is 4. The molecule has 3 heterocycles. The third-order valence-corrected chi connectivity index (χ3v) is 5.62. The van der Waals surface area contributed by atoms with E-state index in [0.717, 1.165) is 18.5 Å². The van der Waals surface area contributed by atoms with Crippen molar-refractivity contribution in [1.82, 2.24) is 20.8 Å². The number of benzene rings is 1. The molecule has 1 saturated heterocycles. The third-order valence-electron chi connectivity index (χ3n) is 5.62. The third kappa shape index (κ3) is 2.90. The fourth-order valence-corrected chi connectivity index (χ4v) is 3.73. The molecule has 3 aromatic rings. The van der Waals surface area contributed by atoms with Gasteiger partial charge in [0.2, 0.25) is 0 Å². The molecular weight excluding hydrogens is 386 g/mol. The molecule has 1 saturated carbocycles. The van der Waals surface area contributed by atoms with Crippen molar-refractivity contribution >= 4 is 34.6 Å². The molecule has 30 heavy (non-hydrogen) atoms. The van der Waals surface area contributed by atoms with Gasteiger partial charge in [0, 0.05) is 17.3 Å². The molecular formula is C21H19N5O4. The number of anilines is 1. The molecule has 152 valence electrons. The lowest BCUT2D eigenvalue weighted by atomic mass is 9.92. The van der Waals surface area contributed by atoms with E-state index in [1.165, 1.54) is 0 Å². The summed E-state index contributed by atoms with van der Waals surface area (Å²) in [5.41, 5.74) is 2.08. The van der Waals surface area contributed by atoms with E-state index in [-0.39, 0.29) is 5.91 Å². The number of amides is 4. The van der Waals surface area contributed by atoms with Gasteiger partial charge in [-0.05, 0) is 50.5 Å². The van der Waals surface area contributed by atoms with Crippen molar-refractivity contribution in [3.05, 3.63) is 52.8 Å². The van der Waals surface area contributed by atoms with Gasteiger partial charge in [-0.2, -0.15) is 0 Å². The topological polar surface area (TPSA) is 126 Å². The van der Waals surface area contributed by atoms with E-state index in [1.54, 1.807) is 44.2 Å². The van der Waals surface area contributed by atoms with Crippen LogP contribution in [0.4, 0.5) is 10.5 Å². The van der Waals surface area contributed by atoms with Crippen LogP contribution in [0.5, 0.6) is 0 Å². The van der Waals surface area contributed by atoms with E-state index >= 15 is 0 Å². The summed E-state index contributed by atoms with van der Waals surface area (Å²) in [6, 6.07) is 8.09. The molecule has 2 fully saturated rings. The highest BCUT2D eigenvalue weighted by atomic mass is 16.5. The Labute approximate surface area is 171 Å². The Bertz CT molecular complexity index is 1230. The molecule has 0 radical (unpaired) electrons. The Morgan fingerprint density at radius 2 is 2.07 bits per heavy atom. The van der Waals surface area contributed by atoms with Gasteiger partial charge in [-0.1, -0.05) is 17.3 Å². The molecule has 1 aliphatic carbocycles. The summed E-state index contributed by atoms with van der Waals surface area (Å²) >= 11 is 0. The number of imide groups is 1. The van der Waals surface area contributed by atoms with Gasteiger partial charge in [0.15, 0.2) is 0 Å². The van der Waals surface area contributed by atoms with Gasteiger partial charge in [0.25, 0.3) is 17.5 Å². The van der Waals surface area contributed by atoms with Crippen LogP contribution in [0, 0.1) is 6.92 Å². The van der Waals surface area contributed by atoms with Gasteiger partial charge in [0.05, 0.1) is 16.6 Å². The van der Waals surface area contributed by atoms with Crippen LogP contribution in [0.25, 0.3) is 11.1 Å². The van der Waals surface area contributed by atoms with Gasteiger partial charge < -0.3 is 15.2 Å². The van der Waals surface area contributed by atoms with Crippen molar-refractivity contribution in [2.24, 2.45) is 0 Å². The first kappa shape index (κ1) is 18.3. The van der Waals surface area contributed by atoms with Crippen molar-refractivity contribution in [1.29, 1.82) is 0 Å². The highest BCUT2D eigenvalue weighted by Crippen LogP contribution is 2.40. The predicted molar refractivity (Wildman–Crippen MR) is 107 cm³/mol. The zero-order chi connectivity index (χ0) is 21.0. The van der Waals surface area contributed by atoms with Crippen molar-refractivity contribution in [2.45, 2.75) is 38.1 Å². The van der Waals surface area contributed by atoms with Gasteiger partial charge in [-0.3, -0.25) is 14.9 Å². The molecule has 4 amide bonds. The Balaban J connectivity index is 1.49. The molecule has 9 heteroatoms. The first-order valence-electron chi connectivity index (χ1n) is 9.67. The number of carbonyl (C=O) groups is 3. The number of nitrogens with zero attached hydrogens (tertiary/aromatic N) is 2. The zero-order valence-corrected chi connectivity index (χ0v) is 16.4. The number of hydrogen-bond donors (Lipinski definition) is 3. The summed E-state index contributed by atoms with van der Waals surface area (Å²) in [6.07, 6.45) is 2.09. The number of pyridine rings is 1. The van der Waals surface area contributed by atoms with E-state index in [1.807, 2.05) is 0 Å². The van der Waals surface area contributed by atoms with Crippen LogP contribution < -0.4 is 16.0 Å². The molecule has 1 atom stereocenters. The Morgan fingerprint density at radius 3 is 2.77 bits per heavy atom. The van der Waals surface area contributed by atoms with Gasteiger partial charge in [0.1, 0.15) is 5.54 Å². The molecule has 9 nitrogen and oxygen atoms in total. The van der Waals surface area contributed by atoms with Crippen LogP contribution in [0.3, 0.4) is 0 Å². The molecule has 1 aromatic carbocycles. The van der Waals surface area contributed by atoms with Crippen molar-refractivity contribution in [2.75, 3.05) is 5.32 Å². The minimum atomic E-state index is -1.20. The SMILES string of the molecule is Cc1noc2nc(C3CC3)cc(C(=O)Nc3cccc([C@]4(C)NC(=O)NC4=O)c3)c12. The summed E-state index contributed by atoms with van der Waals surface area (Å²) in [4.78, 5) is 41.4. The number of fused-ring (bicyclic) bond motifs is 1. The van der Waals surface area contributed by atoms with Gasteiger partial charge >= 0.3 is 6.03 Å². The number of urea groups is 1. The number of carbonyl (C=O) groups excluding carboxylic acids is 3. The summed E-state index contributed by atoms with van der Waals surface area (Å²) in [5, 5.41) is 12.3. The summed E-state index contributed by atoms with van der Waals surface area (Å²) in [7, 11) is 0. The maximum atomic E-state index is 13.1. The minimum Gasteiger partial charge on any atom is -0.336 e. The van der Waals surface area contributed by atoms with Crippen LogP contribution in [-0.2, 0) is 10.3 Å². The van der Waals surface area contributed by atoms with Crippen LogP contribution in [0.15, 0.2) is 34.9 Å². The standard InChI is InChI=1S/C21H19N5O4/c1-10-16-14(9-15(11-6-7-11)23-18(16)30-26-10)17(27)22-13-5-3-4-12(8-13)21(2)19(28)24-20(29)25-21/h3-5,8-9,11H,6-7H2,1-2H3,(H,22,27)(H2,24,25,28,29)/t21-/m0/s1. The van der Waals surface area contributed by atoms with E-state index in [2.05, 4.69) is 26.1 Å². The maximum absolute atomic E-state index is 13.1. The first-order valence-corrected chi connectivity index (χ1v) is 9.67. The quantitative estimate of drug-likeness (QED) is 0.573. The zero-order valence-electron chi connectivity index (χ0n) is 16.4. The predicted octanol–water partition coefficient (Wildman–Crippen LogP) is 2.72. The van der Waals surface area contributed by atoms with E-state index < -0.39 is 17.5 Å². The minimum absolute atomic E-state index is 0.321. The fraction of sp³-hybridized carbons (Fsp3) is 0.286. The van der Waals surface area contributed by atoms with Crippen molar-refractivity contribution < 1.29 is 18.9 Å². The van der Waals surface area contributed by atoms with Crippen LogP contribution in [0.1, 0.15) is 53.0 Å². The maximum Gasteiger partial charge on any atom is 0.322 e. The lowest BCUT2D eigenvalue weighted by molar-refractivity contribution is -0.123. The number of aryl methyl sites for hydroxylation is 1. The van der Waals surface area contributed by atoms with Crippen molar-refractivity contribution in [3.63, 3.8) is 0 Å². The van der Waals surface area contributed by atoms with E-state index in [4.69, 9.17) is 4.52 Å². The van der Waals surface area contributed by atoms with Crippen molar-refractivity contribution in [3.8, 4) is 0 Å². The normalized spacial score (nSPS) is 20.9. The molecule has 0 bridgehead atoms. The largest absolute Gasteiger partial charge is 0.336 e. The molecule has 3 N–H and O–H groups in total. The van der Waals surface area contributed by atoms with Crippen LogP contribution in [0.2, 0.25) is 0 Å². The highest BCUT2D eigenvalue weighted by Gasteiger charge is 2.43. The summed E-state index contributed by atoms with van der Waals surface area (Å²) in [5.74, 6) is -0.419. The van der Waals surface area contributed by atoms with E-state index in [9.17, 15) is 14.4 Å². The van der Waals surface area contributed by atoms with Gasteiger partial charge in [-0.25, -0.2) is 9.78 Å². The Morgan fingerprint density at radius 1 is 1.27 bits per heavy atom. The lowest BCUT2D eigenvalue weighted by Crippen LogP contribution is -2.40. The molecule has 1 aliphatic heterocycles. The average Bonchev–Trinajstić information content (AvgIpc) is 3.45. The fourth-order valence-electron chi connectivity index (χ4n) is 3.73. The Hall–Kier alpha value is -3.75. The number of hydrogen-bond acceptors (Lipinski definition) is 6. The second-order valence-electron chi connectivity index (χ2n) is 7.89. The Kier molecular flexibility index (Phi) is 3.89. The molecule has 0 unspecified atom stereocenters. The van der Waals surface area contributed by atoms with Gasteiger partial charge in [-0.15, -0.1) is 0 Å². The smallest absolute Gasteiger partial charge is 0.322 e. The second kappa shape index (κ2) is 6.38. The average molecular weight is 405 g/mol. The number of aromatic nitrogens is 2.